The number of hydrogen-bond donors (Lipinski definition) is 1. The van der Waals surface area contributed by atoms with E-state index in [0.717, 1.165) is 18.7 Å². The van der Waals surface area contributed by atoms with E-state index in [1.54, 1.807) is 7.11 Å². The zero-order valence-electron chi connectivity index (χ0n) is 16.2. The first-order valence-electron chi connectivity index (χ1n) is 9.30. The van der Waals surface area contributed by atoms with Crippen molar-refractivity contribution in [2.45, 2.75) is 64.6 Å². The quantitative estimate of drug-likeness (QED) is 0.710. The fourth-order valence-electron chi connectivity index (χ4n) is 5.35. The van der Waals surface area contributed by atoms with E-state index in [9.17, 15) is 0 Å². The molecule has 3 rings (SSSR count). The molecule has 24 heavy (non-hydrogen) atoms. The van der Waals surface area contributed by atoms with Crippen LogP contribution in [-0.4, -0.2) is 26.1 Å². The Bertz CT molecular complexity index is 724. The fraction of sp³-hybridized carbons (Fsp3) is 0.600. The highest BCUT2D eigenvalue weighted by atomic mass is 28.3. The highest BCUT2D eigenvalue weighted by Crippen LogP contribution is 2.47. The van der Waals surface area contributed by atoms with Crippen LogP contribution in [0.15, 0.2) is 18.3 Å². The van der Waals surface area contributed by atoms with Crippen LogP contribution in [-0.2, 0) is 6.42 Å². The van der Waals surface area contributed by atoms with Crippen molar-refractivity contribution in [2.24, 2.45) is 0 Å². The van der Waals surface area contributed by atoms with Crippen molar-refractivity contribution in [3.8, 4) is 5.75 Å². The van der Waals surface area contributed by atoms with Crippen molar-refractivity contribution in [2.75, 3.05) is 19.0 Å². The van der Waals surface area contributed by atoms with Gasteiger partial charge in [-0.1, -0.05) is 41.5 Å². The smallest absolute Gasteiger partial charge is 0.169 e. The van der Waals surface area contributed by atoms with Gasteiger partial charge in [-0.15, -0.1) is 0 Å². The van der Waals surface area contributed by atoms with Gasteiger partial charge >= 0.3 is 0 Å². The van der Waals surface area contributed by atoms with E-state index < -0.39 is 8.24 Å². The van der Waals surface area contributed by atoms with Crippen LogP contribution in [0.2, 0.25) is 16.6 Å². The zero-order chi connectivity index (χ0) is 17.6. The van der Waals surface area contributed by atoms with Crippen LogP contribution in [0, 0.1) is 0 Å². The van der Waals surface area contributed by atoms with E-state index in [2.05, 4.69) is 69.4 Å². The van der Waals surface area contributed by atoms with Gasteiger partial charge < -0.3 is 14.3 Å². The number of rotatable bonds is 5. The molecule has 2 aromatic rings. The summed E-state index contributed by atoms with van der Waals surface area (Å²) < 4.78 is 8.33. The highest BCUT2D eigenvalue weighted by Gasteiger charge is 2.46. The second-order valence-corrected chi connectivity index (χ2v) is 13.8. The number of nitrogens with zero attached hydrogens (tertiary/aromatic N) is 1. The van der Waals surface area contributed by atoms with Crippen LogP contribution in [0.25, 0.3) is 10.9 Å². The first-order valence-corrected chi connectivity index (χ1v) is 11.5. The van der Waals surface area contributed by atoms with Gasteiger partial charge in [0.2, 0.25) is 0 Å². The topological polar surface area (TPSA) is 26.2 Å². The van der Waals surface area contributed by atoms with Crippen molar-refractivity contribution in [3.63, 3.8) is 0 Å². The molecule has 3 nitrogen and oxygen atoms in total. The standard InChI is InChI=1S/C20H32N2OSi/c1-13(2)24(14(3)4,15(5)6)22-12-16-8-9-21-18-10-17(23-7)11-19(22)20(16)18/h10-15,21H,8-9H2,1-7H3. The summed E-state index contributed by atoms with van der Waals surface area (Å²) in [7, 11) is 0.00572. The Hall–Kier alpha value is -1.42. The van der Waals surface area contributed by atoms with Crippen LogP contribution < -0.4 is 10.1 Å². The molecule has 1 aromatic carbocycles. The number of benzene rings is 1. The minimum atomic E-state index is -1.76. The lowest BCUT2D eigenvalue weighted by Gasteiger charge is -2.44. The molecule has 0 saturated heterocycles. The molecule has 0 amide bonds. The minimum Gasteiger partial charge on any atom is -0.497 e. The Morgan fingerprint density at radius 1 is 1.04 bits per heavy atom. The zero-order valence-corrected chi connectivity index (χ0v) is 17.2. The number of anilines is 1. The van der Waals surface area contributed by atoms with E-state index in [1.807, 2.05) is 0 Å². The van der Waals surface area contributed by atoms with Crippen LogP contribution in [0.4, 0.5) is 5.69 Å². The maximum absolute atomic E-state index is 5.61. The van der Waals surface area contributed by atoms with Crippen molar-refractivity contribution in [1.82, 2.24) is 4.23 Å². The average molecular weight is 345 g/mol. The summed E-state index contributed by atoms with van der Waals surface area (Å²) in [6, 6.07) is 4.41. The first-order chi connectivity index (χ1) is 11.3. The largest absolute Gasteiger partial charge is 0.497 e. The molecular formula is C20H32N2OSi. The Kier molecular flexibility index (Phi) is 4.45. The maximum Gasteiger partial charge on any atom is 0.169 e. The third-order valence-corrected chi connectivity index (χ3v) is 12.8. The summed E-state index contributed by atoms with van der Waals surface area (Å²) in [6.45, 7) is 15.6. The van der Waals surface area contributed by atoms with Gasteiger partial charge in [0.05, 0.1) is 7.11 Å². The molecule has 0 aliphatic carbocycles. The number of methoxy groups -OCH3 is 1. The highest BCUT2D eigenvalue weighted by molar-refractivity contribution is 6.82. The summed E-state index contributed by atoms with van der Waals surface area (Å²) in [4.78, 5) is 0. The van der Waals surface area contributed by atoms with Crippen LogP contribution in [0.3, 0.4) is 0 Å². The molecule has 0 fully saturated rings. The molecule has 0 unspecified atom stereocenters. The van der Waals surface area contributed by atoms with Gasteiger partial charge in [-0.3, -0.25) is 0 Å². The number of ether oxygens (including phenoxy) is 1. The monoisotopic (exact) mass is 344 g/mol. The van der Waals surface area contributed by atoms with Gasteiger partial charge in [-0.05, 0) is 34.8 Å². The Labute approximate surface area is 147 Å². The van der Waals surface area contributed by atoms with Crippen molar-refractivity contribution in [3.05, 3.63) is 23.9 Å². The summed E-state index contributed by atoms with van der Waals surface area (Å²) in [6.07, 6.45) is 3.60. The predicted octanol–water partition coefficient (Wildman–Crippen LogP) is 5.64. The normalized spacial score (nSPS) is 14.8. The lowest BCUT2D eigenvalue weighted by atomic mass is 10.0. The SMILES string of the molecule is COc1cc2c3c(cn([Si](C(C)C)(C(C)C)C(C)C)c3c1)CCN2. The molecular weight excluding hydrogens is 312 g/mol. The molecule has 1 N–H and O–H groups in total. The van der Waals surface area contributed by atoms with Crippen LogP contribution >= 0.6 is 0 Å². The number of nitrogens with one attached hydrogen (secondary N) is 1. The number of hydrogen-bond acceptors (Lipinski definition) is 2. The summed E-state index contributed by atoms with van der Waals surface area (Å²) in [5.74, 6) is 0.956. The second kappa shape index (κ2) is 6.14. The van der Waals surface area contributed by atoms with Crippen molar-refractivity contribution >= 4 is 24.8 Å². The molecule has 0 atom stereocenters. The first kappa shape index (κ1) is 17.4. The molecule has 1 aliphatic heterocycles. The van der Waals surface area contributed by atoms with Gasteiger partial charge in [-0.2, -0.15) is 0 Å². The van der Waals surface area contributed by atoms with Gasteiger partial charge in [0, 0.05) is 35.3 Å². The molecule has 0 radical (unpaired) electrons. The lowest BCUT2D eigenvalue weighted by molar-refractivity contribution is 0.415. The molecule has 0 bridgehead atoms. The summed E-state index contributed by atoms with van der Waals surface area (Å²) >= 11 is 0. The third kappa shape index (κ3) is 2.30. The van der Waals surface area contributed by atoms with Crippen molar-refractivity contribution < 1.29 is 4.74 Å². The molecule has 0 spiro atoms. The molecule has 1 aromatic heterocycles. The van der Waals surface area contributed by atoms with Gasteiger partial charge in [0.1, 0.15) is 5.75 Å². The van der Waals surface area contributed by atoms with Gasteiger partial charge in [0.15, 0.2) is 8.24 Å². The average Bonchev–Trinajstić information content (AvgIpc) is 2.87. The summed E-state index contributed by atoms with van der Waals surface area (Å²) in [5, 5.41) is 4.99. The summed E-state index contributed by atoms with van der Waals surface area (Å²) in [5.41, 5.74) is 6.16. The second-order valence-electron chi connectivity index (χ2n) is 8.12. The van der Waals surface area contributed by atoms with Crippen LogP contribution in [0.5, 0.6) is 5.75 Å². The van der Waals surface area contributed by atoms with E-state index >= 15 is 0 Å². The van der Waals surface area contributed by atoms with Gasteiger partial charge in [-0.25, -0.2) is 0 Å². The molecule has 132 valence electrons. The molecule has 2 heterocycles. The number of aromatic nitrogens is 1. The Morgan fingerprint density at radius 2 is 1.67 bits per heavy atom. The van der Waals surface area contributed by atoms with E-state index in [4.69, 9.17) is 4.74 Å². The maximum atomic E-state index is 5.61. The van der Waals surface area contributed by atoms with Crippen LogP contribution in [0.1, 0.15) is 47.1 Å². The third-order valence-electron chi connectivity index (χ3n) is 6.09. The van der Waals surface area contributed by atoms with E-state index in [-0.39, 0.29) is 0 Å². The molecule has 1 aliphatic rings. The molecule has 4 heteroatoms. The molecule has 0 saturated carbocycles. The Morgan fingerprint density at radius 3 is 2.21 bits per heavy atom. The predicted molar refractivity (Wildman–Crippen MR) is 107 cm³/mol. The van der Waals surface area contributed by atoms with Crippen molar-refractivity contribution in [1.29, 1.82) is 0 Å². The fourth-order valence-corrected chi connectivity index (χ4v) is 12.0. The lowest BCUT2D eigenvalue weighted by Crippen LogP contribution is -2.51. The minimum absolute atomic E-state index is 0.685. The van der Waals surface area contributed by atoms with Gasteiger partial charge in [0.25, 0.3) is 0 Å². The van der Waals surface area contributed by atoms with E-state index in [0.29, 0.717) is 16.6 Å². The van der Waals surface area contributed by atoms with E-state index in [1.165, 1.54) is 22.2 Å². The Balaban J connectivity index is 2.39.